The third kappa shape index (κ3) is 3.73. The third-order valence-corrected chi connectivity index (χ3v) is 6.81. The van der Waals surface area contributed by atoms with E-state index in [1.165, 1.54) is 4.31 Å². The van der Waals surface area contributed by atoms with Gasteiger partial charge in [-0.3, -0.25) is 0 Å². The van der Waals surface area contributed by atoms with Crippen LogP contribution in [-0.2, 0) is 23.3 Å². The molecular weight excluding hydrogens is 405 g/mol. The number of nitrogens with zero attached hydrogens (tertiary/aromatic N) is 1. The number of benzene rings is 2. The van der Waals surface area contributed by atoms with Gasteiger partial charge in [-0.05, 0) is 47.4 Å². The van der Waals surface area contributed by atoms with Crippen molar-refractivity contribution >= 4 is 44.3 Å². The van der Waals surface area contributed by atoms with Crippen LogP contribution >= 0.6 is 23.2 Å². The molecule has 2 aromatic carbocycles. The standard InChI is InChI=1S/C19H19Cl2N3O2S/c1-12-10-24(27(25,26)22-9-13-3-2-4-14(20)7-13)11-18-19(12)16-8-15(21)5-6-17(16)23-18/h2-8,12,22-23H,9-11H2,1H3. The lowest BCUT2D eigenvalue weighted by atomic mass is 9.95. The molecule has 2 N–H and O–H groups in total. The van der Waals surface area contributed by atoms with Crippen molar-refractivity contribution in [2.45, 2.75) is 25.9 Å². The molecule has 0 fully saturated rings. The zero-order valence-corrected chi connectivity index (χ0v) is 17.0. The molecule has 8 heteroatoms. The SMILES string of the molecule is CC1CN(S(=O)(=O)NCc2cccc(Cl)c2)Cc2[nH]c3ccc(Cl)cc3c21. The largest absolute Gasteiger partial charge is 0.357 e. The van der Waals surface area contributed by atoms with Gasteiger partial charge < -0.3 is 4.98 Å². The highest BCUT2D eigenvalue weighted by Crippen LogP contribution is 2.36. The molecule has 4 rings (SSSR count). The summed E-state index contributed by atoms with van der Waals surface area (Å²) in [5.74, 6) is 0.0590. The predicted molar refractivity (Wildman–Crippen MR) is 109 cm³/mol. The minimum Gasteiger partial charge on any atom is -0.357 e. The Balaban J connectivity index is 1.57. The summed E-state index contributed by atoms with van der Waals surface area (Å²) >= 11 is 12.1. The lowest BCUT2D eigenvalue weighted by Gasteiger charge is -2.30. The number of rotatable bonds is 4. The molecule has 0 aliphatic carbocycles. The first-order valence-electron chi connectivity index (χ1n) is 8.62. The van der Waals surface area contributed by atoms with Gasteiger partial charge in [-0.25, -0.2) is 0 Å². The second-order valence-corrected chi connectivity index (χ2v) is 9.48. The van der Waals surface area contributed by atoms with Gasteiger partial charge >= 0.3 is 0 Å². The first-order valence-corrected chi connectivity index (χ1v) is 10.8. The molecule has 1 atom stereocenters. The molecule has 0 bridgehead atoms. The Bertz CT molecular complexity index is 1110. The van der Waals surface area contributed by atoms with E-state index in [1.54, 1.807) is 18.2 Å². The topological polar surface area (TPSA) is 65.2 Å². The molecular formula is C19H19Cl2N3O2S. The average molecular weight is 424 g/mol. The van der Waals surface area contributed by atoms with Gasteiger partial charge in [0.1, 0.15) is 0 Å². The van der Waals surface area contributed by atoms with Crippen LogP contribution in [0.2, 0.25) is 10.0 Å². The van der Waals surface area contributed by atoms with Crippen molar-refractivity contribution in [3.8, 4) is 0 Å². The highest BCUT2D eigenvalue weighted by atomic mass is 35.5. The quantitative estimate of drug-likeness (QED) is 0.651. The zero-order valence-electron chi connectivity index (χ0n) is 14.7. The van der Waals surface area contributed by atoms with Crippen molar-refractivity contribution in [3.05, 3.63) is 69.3 Å². The summed E-state index contributed by atoms with van der Waals surface area (Å²) in [5, 5.41) is 2.32. The summed E-state index contributed by atoms with van der Waals surface area (Å²) in [5.41, 5.74) is 3.85. The minimum atomic E-state index is -3.62. The van der Waals surface area contributed by atoms with Gasteiger partial charge in [-0.15, -0.1) is 0 Å². The molecule has 27 heavy (non-hydrogen) atoms. The summed E-state index contributed by atoms with van der Waals surface area (Å²) in [7, 11) is -3.62. The summed E-state index contributed by atoms with van der Waals surface area (Å²) in [6.45, 7) is 2.95. The van der Waals surface area contributed by atoms with Gasteiger partial charge in [0.2, 0.25) is 0 Å². The summed E-state index contributed by atoms with van der Waals surface area (Å²) in [6.07, 6.45) is 0. The molecule has 3 aromatic rings. The second-order valence-electron chi connectivity index (χ2n) is 6.86. The Morgan fingerprint density at radius 1 is 1.19 bits per heavy atom. The zero-order chi connectivity index (χ0) is 19.2. The molecule has 0 saturated heterocycles. The van der Waals surface area contributed by atoms with Crippen LogP contribution in [0.4, 0.5) is 0 Å². The van der Waals surface area contributed by atoms with Crippen molar-refractivity contribution in [1.29, 1.82) is 0 Å². The van der Waals surface area contributed by atoms with Crippen LogP contribution in [0, 0.1) is 0 Å². The Morgan fingerprint density at radius 3 is 2.74 bits per heavy atom. The Kier molecular flexibility index (Phi) is 4.94. The van der Waals surface area contributed by atoms with E-state index in [9.17, 15) is 8.42 Å². The highest BCUT2D eigenvalue weighted by Gasteiger charge is 2.32. The number of hydrogen-bond donors (Lipinski definition) is 2. The number of hydrogen-bond acceptors (Lipinski definition) is 2. The molecule has 2 heterocycles. The molecule has 0 spiro atoms. The number of aromatic nitrogens is 1. The van der Waals surface area contributed by atoms with Crippen LogP contribution in [0.3, 0.4) is 0 Å². The van der Waals surface area contributed by atoms with Gasteiger partial charge in [0.15, 0.2) is 0 Å². The molecule has 0 amide bonds. The van der Waals surface area contributed by atoms with Crippen molar-refractivity contribution < 1.29 is 8.42 Å². The van der Waals surface area contributed by atoms with E-state index in [2.05, 4.69) is 9.71 Å². The third-order valence-electron chi connectivity index (χ3n) is 4.87. The van der Waals surface area contributed by atoms with Crippen molar-refractivity contribution in [2.24, 2.45) is 0 Å². The fraction of sp³-hybridized carbons (Fsp3) is 0.263. The highest BCUT2D eigenvalue weighted by molar-refractivity contribution is 7.87. The minimum absolute atomic E-state index is 0.0590. The van der Waals surface area contributed by atoms with E-state index < -0.39 is 10.2 Å². The molecule has 1 aliphatic heterocycles. The van der Waals surface area contributed by atoms with Crippen LogP contribution in [0.25, 0.3) is 10.9 Å². The molecule has 1 unspecified atom stereocenters. The molecule has 1 aliphatic rings. The number of fused-ring (bicyclic) bond motifs is 3. The lowest BCUT2D eigenvalue weighted by Crippen LogP contribution is -2.44. The summed E-state index contributed by atoms with van der Waals surface area (Å²) in [6, 6.07) is 12.8. The Labute approximate surface area is 168 Å². The van der Waals surface area contributed by atoms with E-state index in [-0.39, 0.29) is 12.5 Å². The number of halogens is 2. The number of H-pyrrole nitrogens is 1. The van der Waals surface area contributed by atoms with Gasteiger partial charge in [-0.1, -0.05) is 42.3 Å². The Morgan fingerprint density at radius 2 is 1.96 bits per heavy atom. The van der Waals surface area contributed by atoms with Crippen molar-refractivity contribution in [2.75, 3.05) is 6.54 Å². The smallest absolute Gasteiger partial charge is 0.280 e. The fourth-order valence-corrected chi connectivity index (χ4v) is 5.30. The number of aromatic amines is 1. The fourth-order valence-electron chi connectivity index (χ4n) is 3.66. The molecule has 0 radical (unpaired) electrons. The molecule has 1 aromatic heterocycles. The van der Waals surface area contributed by atoms with Crippen LogP contribution < -0.4 is 4.72 Å². The van der Waals surface area contributed by atoms with Crippen molar-refractivity contribution in [1.82, 2.24) is 14.0 Å². The van der Waals surface area contributed by atoms with Crippen LogP contribution in [0.15, 0.2) is 42.5 Å². The average Bonchev–Trinajstić information content (AvgIpc) is 2.98. The van der Waals surface area contributed by atoms with E-state index in [0.717, 1.165) is 27.7 Å². The van der Waals surface area contributed by atoms with E-state index in [0.29, 0.717) is 23.1 Å². The van der Waals surface area contributed by atoms with Crippen LogP contribution in [-0.4, -0.2) is 24.3 Å². The molecule has 0 saturated carbocycles. The summed E-state index contributed by atoms with van der Waals surface area (Å²) < 4.78 is 29.8. The maximum atomic E-state index is 12.8. The van der Waals surface area contributed by atoms with Crippen molar-refractivity contribution in [3.63, 3.8) is 0 Å². The lowest BCUT2D eigenvalue weighted by molar-refractivity contribution is 0.355. The van der Waals surface area contributed by atoms with Crippen LogP contribution in [0.5, 0.6) is 0 Å². The van der Waals surface area contributed by atoms with E-state index in [4.69, 9.17) is 23.2 Å². The normalized spacial score (nSPS) is 18.0. The molecule has 142 valence electrons. The van der Waals surface area contributed by atoms with Gasteiger partial charge in [0.05, 0.1) is 6.54 Å². The molecule has 5 nitrogen and oxygen atoms in total. The van der Waals surface area contributed by atoms with Gasteiger partial charge in [0.25, 0.3) is 10.2 Å². The Hall–Kier alpha value is -1.57. The van der Waals surface area contributed by atoms with Gasteiger partial charge in [-0.2, -0.15) is 17.4 Å². The first kappa shape index (κ1) is 18.8. The van der Waals surface area contributed by atoms with Gasteiger partial charge in [0, 0.05) is 39.7 Å². The monoisotopic (exact) mass is 423 g/mol. The number of nitrogens with one attached hydrogen (secondary N) is 2. The maximum Gasteiger partial charge on any atom is 0.280 e. The predicted octanol–water partition coefficient (Wildman–Crippen LogP) is 4.43. The van der Waals surface area contributed by atoms with E-state index >= 15 is 0 Å². The van der Waals surface area contributed by atoms with Crippen LogP contribution in [0.1, 0.15) is 29.7 Å². The summed E-state index contributed by atoms with van der Waals surface area (Å²) in [4.78, 5) is 3.35. The maximum absolute atomic E-state index is 12.8. The second kappa shape index (κ2) is 7.11. The van der Waals surface area contributed by atoms with E-state index in [1.807, 2.05) is 31.2 Å². The first-order chi connectivity index (χ1) is 12.8.